The normalized spacial score (nSPS) is 12.1. The minimum Gasteiger partial charge on any atom is -0.369 e. The highest BCUT2D eigenvalue weighted by atomic mass is 35.5. The van der Waals surface area contributed by atoms with Crippen LogP contribution in [0.4, 0.5) is 5.82 Å². The first kappa shape index (κ1) is 15.8. The Morgan fingerprint density at radius 1 is 1.47 bits per heavy atom. The van der Waals surface area contributed by atoms with Gasteiger partial charge in [0.15, 0.2) is 0 Å². The molecule has 0 saturated carbocycles. The van der Waals surface area contributed by atoms with Gasteiger partial charge in [-0.3, -0.25) is 4.79 Å². The Kier molecular flexibility index (Phi) is 6.09. The zero-order valence-corrected chi connectivity index (χ0v) is 12.8. The van der Waals surface area contributed by atoms with E-state index in [-0.39, 0.29) is 11.9 Å². The molecule has 0 aliphatic carbocycles. The van der Waals surface area contributed by atoms with Crippen LogP contribution >= 0.6 is 11.6 Å². The van der Waals surface area contributed by atoms with Crippen LogP contribution < -0.4 is 5.32 Å². The van der Waals surface area contributed by atoms with Crippen LogP contribution in [0.5, 0.6) is 0 Å². The maximum atomic E-state index is 12.4. The van der Waals surface area contributed by atoms with Crippen LogP contribution in [0.25, 0.3) is 0 Å². The van der Waals surface area contributed by atoms with Crippen molar-refractivity contribution < 1.29 is 4.79 Å². The quantitative estimate of drug-likeness (QED) is 0.870. The lowest BCUT2D eigenvalue weighted by atomic mass is 10.1. The average Bonchev–Trinajstić information content (AvgIpc) is 2.41. The van der Waals surface area contributed by atoms with E-state index in [0.717, 1.165) is 13.0 Å². The molecule has 0 saturated heterocycles. The second kappa shape index (κ2) is 7.34. The molecular formula is C14H22ClN3O. The van der Waals surface area contributed by atoms with Crippen molar-refractivity contribution in [3.63, 3.8) is 0 Å². The highest BCUT2D eigenvalue weighted by Gasteiger charge is 2.19. The van der Waals surface area contributed by atoms with E-state index in [1.54, 1.807) is 12.3 Å². The number of anilines is 1. The molecule has 1 aromatic rings. The summed E-state index contributed by atoms with van der Waals surface area (Å²) in [4.78, 5) is 18.4. The van der Waals surface area contributed by atoms with Crippen molar-refractivity contribution >= 4 is 23.3 Å². The third-order valence-electron chi connectivity index (χ3n) is 3.16. The molecule has 1 aromatic heterocycles. The average molecular weight is 284 g/mol. The van der Waals surface area contributed by atoms with Gasteiger partial charge in [0.25, 0.3) is 5.91 Å². The number of hydrogen-bond acceptors (Lipinski definition) is 3. The van der Waals surface area contributed by atoms with E-state index in [1.165, 1.54) is 0 Å². The number of hydrogen-bond donors (Lipinski definition) is 1. The Balaban J connectivity index is 2.96. The van der Waals surface area contributed by atoms with Crippen molar-refractivity contribution in [2.24, 2.45) is 0 Å². The predicted octanol–water partition coefficient (Wildman–Crippen LogP) is 3.43. The molecule has 0 spiro atoms. The SMILES string of the molecule is CCNc1ncc(C(=O)N(CC)C(C)CC)cc1Cl. The monoisotopic (exact) mass is 283 g/mol. The second-order valence-electron chi connectivity index (χ2n) is 4.43. The molecule has 0 fully saturated rings. The molecule has 1 atom stereocenters. The van der Waals surface area contributed by atoms with Gasteiger partial charge in [0.2, 0.25) is 0 Å². The van der Waals surface area contributed by atoms with E-state index >= 15 is 0 Å². The molecule has 0 bridgehead atoms. The first-order valence-corrected chi connectivity index (χ1v) is 7.13. The molecule has 0 aromatic carbocycles. The highest BCUT2D eigenvalue weighted by Crippen LogP contribution is 2.21. The fraction of sp³-hybridized carbons (Fsp3) is 0.571. The first-order chi connectivity index (χ1) is 9.04. The van der Waals surface area contributed by atoms with Crippen molar-refractivity contribution in [1.82, 2.24) is 9.88 Å². The smallest absolute Gasteiger partial charge is 0.255 e. The second-order valence-corrected chi connectivity index (χ2v) is 4.84. The van der Waals surface area contributed by atoms with Crippen molar-refractivity contribution in [3.8, 4) is 0 Å². The van der Waals surface area contributed by atoms with Crippen molar-refractivity contribution in [2.45, 2.75) is 40.2 Å². The van der Waals surface area contributed by atoms with Gasteiger partial charge in [0, 0.05) is 25.3 Å². The number of carbonyl (C=O) groups is 1. The van der Waals surface area contributed by atoms with Crippen LogP contribution in [-0.2, 0) is 0 Å². The lowest BCUT2D eigenvalue weighted by Gasteiger charge is -2.27. The lowest BCUT2D eigenvalue weighted by molar-refractivity contribution is 0.0699. The van der Waals surface area contributed by atoms with E-state index < -0.39 is 0 Å². The topological polar surface area (TPSA) is 45.2 Å². The van der Waals surface area contributed by atoms with Crippen LogP contribution in [-0.4, -0.2) is 34.9 Å². The first-order valence-electron chi connectivity index (χ1n) is 6.75. The number of aromatic nitrogens is 1. The number of rotatable bonds is 6. The fourth-order valence-electron chi connectivity index (χ4n) is 1.89. The minimum absolute atomic E-state index is 0.0192. The Hall–Kier alpha value is -1.29. The maximum absolute atomic E-state index is 12.4. The Morgan fingerprint density at radius 2 is 2.16 bits per heavy atom. The zero-order valence-electron chi connectivity index (χ0n) is 12.0. The molecule has 1 heterocycles. The lowest BCUT2D eigenvalue weighted by Crippen LogP contribution is -2.38. The fourth-order valence-corrected chi connectivity index (χ4v) is 2.13. The van der Waals surface area contributed by atoms with Gasteiger partial charge in [0.05, 0.1) is 10.6 Å². The molecule has 5 heteroatoms. The summed E-state index contributed by atoms with van der Waals surface area (Å²) in [6, 6.07) is 1.89. The number of carbonyl (C=O) groups excluding carboxylic acids is 1. The molecule has 1 rings (SSSR count). The van der Waals surface area contributed by atoms with Crippen LogP contribution in [0.3, 0.4) is 0 Å². The summed E-state index contributed by atoms with van der Waals surface area (Å²) >= 11 is 6.12. The molecule has 0 radical (unpaired) electrons. The van der Waals surface area contributed by atoms with E-state index in [9.17, 15) is 4.79 Å². The van der Waals surface area contributed by atoms with Crippen LogP contribution in [0.2, 0.25) is 5.02 Å². The highest BCUT2D eigenvalue weighted by molar-refractivity contribution is 6.33. The third kappa shape index (κ3) is 3.83. The minimum atomic E-state index is -0.0192. The van der Waals surface area contributed by atoms with Gasteiger partial charge in [-0.05, 0) is 33.3 Å². The summed E-state index contributed by atoms with van der Waals surface area (Å²) in [5.74, 6) is 0.599. The number of nitrogens with one attached hydrogen (secondary N) is 1. The van der Waals surface area contributed by atoms with E-state index in [2.05, 4.69) is 17.2 Å². The molecule has 4 nitrogen and oxygen atoms in total. The standard InChI is InChI=1S/C14H22ClN3O/c1-5-10(4)18(7-3)14(19)11-8-12(15)13(16-6-2)17-9-11/h8-10H,5-7H2,1-4H3,(H,16,17). The summed E-state index contributed by atoms with van der Waals surface area (Å²) in [7, 11) is 0. The molecule has 1 N–H and O–H groups in total. The number of pyridine rings is 1. The Labute approximate surface area is 120 Å². The van der Waals surface area contributed by atoms with Gasteiger partial charge in [0.1, 0.15) is 5.82 Å². The largest absolute Gasteiger partial charge is 0.369 e. The molecule has 106 valence electrons. The van der Waals surface area contributed by atoms with E-state index in [4.69, 9.17) is 11.6 Å². The van der Waals surface area contributed by atoms with Gasteiger partial charge in [-0.1, -0.05) is 18.5 Å². The van der Waals surface area contributed by atoms with Crippen molar-refractivity contribution in [1.29, 1.82) is 0 Å². The third-order valence-corrected chi connectivity index (χ3v) is 3.44. The van der Waals surface area contributed by atoms with Crippen molar-refractivity contribution in [3.05, 3.63) is 22.8 Å². The molecule has 1 amide bonds. The van der Waals surface area contributed by atoms with Gasteiger partial charge >= 0.3 is 0 Å². The summed E-state index contributed by atoms with van der Waals surface area (Å²) in [5.41, 5.74) is 0.536. The summed E-state index contributed by atoms with van der Waals surface area (Å²) in [6.07, 6.45) is 2.51. The zero-order chi connectivity index (χ0) is 14.4. The van der Waals surface area contributed by atoms with Gasteiger partial charge in [-0.2, -0.15) is 0 Å². The number of nitrogens with zero attached hydrogens (tertiary/aromatic N) is 2. The Morgan fingerprint density at radius 3 is 2.63 bits per heavy atom. The van der Waals surface area contributed by atoms with Gasteiger partial charge in [-0.15, -0.1) is 0 Å². The maximum Gasteiger partial charge on any atom is 0.255 e. The number of amides is 1. The molecule has 19 heavy (non-hydrogen) atoms. The molecule has 1 unspecified atom stereocenters. The summed E-state index contributed by atoms with van der Waals surface area (Å²) in [5, 5.41) is 3.53. The van der Waals surface area contributed by atoms with Crippen LogP contribution in [0.15, 0.2) is 12.3 Å². The van der Waals surface area contributed by atoms with Gasteiger partial charge < -0.3 is 10.2 Å². The number of halogens is 1. The molecular weight excluding hydrogens is 262 g/mol. The van der Waals surface area contributed by atoms with Crippen LogP contribution in [0.1, 0.15) is 44.5 Å². The predicted molar refractivity (Wildman–Crippen MR) is 79.9 cm³/mol. The van der Waals surface area contributed by atoms with E-state index in [1.807, 2.05) is 25.7 Å². The van der Waals surface area contributed by atoms with Gasteiger partial charge in [-0.25, -0.2) is 4.98 Å². The van der Waals surface area contributed by atoms with Crippen LogP contribution in [0, 0.1) is 0 Å². The van der Waals surface area contributed by atoms with E-state index in [0.29, 0.717) is 22.9 Å². The molecule has 0 aliphatic rings. The Bertz CT molecular complexity index is 437. The summed E-state index contributed by atoms with van der Waals surface area (Å²) < 4.78 is 0. The van der Waals surface area contributed by atoms with Crippen molar-refractivity contribution in [2.75, 3.05) is 18.4 Å². The summed E-state index contributed by atoms with van der Waals surface area (Å²) in [6.45, 7) is 9.49. The molecule has 0 aliphatic heterocycles.